The molecule has 0 aromatic carbocycles. The monoisotopic (exact) mass is 1170 g/mol. The highest BCUT2D eigenvalue weighted by molar-refractivity contribution is 5.88. The van der Waals surface area contributed by atoms with E-state index in [0.29, 0.717) is 0 Å². The van der Waals surface area contributed by atoms with Gasteiger partial charge in [-0.15, -0.1) is 0 Å². The summed E-state index contributed by atoms with van der Waals surface area (Å²) in [6, 6.07) is 0. The lowest BCUT2D eigenvalue weighted by Gasteiger charge is -2.34. The third-order valence-corrected chi connectivity index (χ3v) is 11.4. The van der Waals surface area contributed by atoms with E-state index in [9.17, 15) is 77.0 Å². The van der Waals surface area contributed by atoms with Gasteiger partial charge in [0.15, 0.2) is 11.4 Å². The number of esters is 13. The van der Waals surface area contributed by atoms with Crippen LogP contribution in [0.2, 0.25) is 0 Å². The molecule has 0 amide bonds. The molecule has 0 aliphatic heterocycles. The average Bonchev–Trinajstić information content (AvgIpc) is 3.38. The summed E-state index contributed by atoms with van der Waals surface area (Å²) in [5.41, 5.74) is -15.0. The first-order valence-corrected chi connectivity index (χ1v) is 24.4. The molecule has 0 spiro atoms. The zero-order valence-electron chi connectivity index (χ0n) is 48.2. The predicted octanol–water partition coefficient (Wildman–Crippen LogP) is 0.674. The summed E-state index contributed by atoms with van der Waals surface area (Å²) in [4.78, 5) is 190. The minimum Gasteiger partial charge on any atom is -0.479 e. The first-order chi connectivity index (χ1) is 37.0. The molecule has 81 heavy (non-hydrogen) atoms. The second kappa shape index (κ2) is 31.9. The van der Waals surface area contributed by atoms with E-state index in [4.69, 9.17) is 66.3 Å². The first kappa shape index (κ1) is 73.2. The smallest absolute Gasteiger partial charge is 0.339 e. The molecule has 458 valence electrons. The van der Waals surface area contributed by atoms with E-state index in [1.54, 1.807) is 0 Å². The minimum atomic E-state index is -2.72. The van der Waals surface area contributed by atoms with Crippen LogP contribution >= 0.6 is 0 Å². The van der Waals surface area contributed by atoms with Gasteiger partial charge in [0.25, 0.3) is 0 Å². The molecule has 0 saturated carbocycles. The van der Waals surface area contributed by atoms with E-state index >= 15 is 0 Å². The maximum Gasteiger partial charge on any atom is 0.339 e. The minimum absolute atomic E-state index is 0.710. The molecule has 0 bridgehead atoms. The molecular formula is C51H74O30. The third-order valence-electron chi connectivity index (χ3n) is 11.4. The van der Waals surface area contributed by atoms with Crippen molar-refractivity contribution in [1.29, 1.82) is 0 Å². The maximum atomic E-state index is 14.3. The van der Waals surface area contributed by atoms with Gasteiger partial charge in [-0.1, -0.05) is 0 Å². The molecule has 0 radical (unpaired) electrons. The van der Waals surface area contributed by atoms with Crippen LogP contribution in [-0.2, 0) is 138 Å². The quantitative estimate of drug-likeness (QED) is 0.0665. The van der Waals surface area contributed by atoms with Crippen molar-refractivity contribution < 1.29 is 143 Å². The van der Waals surface area contributed by atoms with Gasteiger partial charge in [-0.2, -0.15) is 0 Å². The van der Waals surface area contributed by atoms with Gasteiger partial charge >= 0.3 is 83.6 Å². The van der Waals surface area contributed by atoms with Crippen LogP contribution in [0.1, 0.15) is 104 Å². The van der Waals surface area contributed by atoms with Crippen LogP contribution in [0.25, 0.3) is 0 Å². The van der Waals surface area contributed by atoms with E-state index in [1.165, 1.54) is 27.7 Å². The number of carbonyl (C=O) groups excluding carboxylic acids is 14. The van der Waals surface area contributed by atoms with Crippen LogP contribution in [0.15, 0.2) is 0 Å². The van der Waals surface area contributed by atoms with E-state index in [1.807, 2.05) is 0 Å². The zero-order chi connectivity index (χ0) is 63.0. The van der Waals surface area contributed by atoms with Crippen LogP contribution in [0.5, 0.6) is 0 Å². The lowest BCUT2D eigenvalue weighted by Crippen LogP contribution is -2.50. The van der Waals surface area contributed by atoms with Crippen LogP contribution in [0.3, 0.4) is 0 Å². The van der Waals surface area contributed by atoms with Gasteiger partial charge < -0.3 is 71.4 Å². The van der Waals surface area contributed by atoms with Gasteiger partial charge in [0, 0.05) is 55.4 Å². The van der Waals surface area contributed by atoms with Crippen LogP contribution in [0.4, 0.5) is 0 Å². The largest absolute Gasteiger partial charge is 0.479 e. The maximum absolute atomic E-state index is 14.3. The standard InChI is InChI=1S/C51H74O30/c1-30(52)68-19-46(10,20-69-31(2)53)40(63)76-17-45(9,18-77-41(64)47(11,21-70-32(3)54)22-71-33(4)55)38(60)16-81-51(15,39(61)62)29-80-44(67)50(14,27-78-42(65)48(12,23-72-34(5)56)24-73-35(6)57)28-79-43(66)49(13,25-74-36(7)58)26-75-37(8)59/h16-29H2,1-15H3,(H,61,62). The topological polar surface area (TPSA) is 406 Å². The number of hydrogen-bond donors (Lipinski definition) is 1. The molecule has 0 aliphatic rings. The number of ether oxygens (including phenoxy) is 14. The van der Waals surface area contributed by atoms with E-state index in [0.717, 1.165) is 76.2 Å². The zero-order valence-corrected chi connectivity index (χ0v) is 48.2. The van der Waals surface area contributed by atoms with Crippen molar-refractivity contribution in [1.82, 2.24) is 0 Å². The molecule has 0 aliphatic carbocycles. The van der Waals surface area contributed by atoms with E-state index in [2.05, 4.69) is 0 Å². The molecule has 30 nitrogen and oxygen atoms in total. The molecule has 0 fully saturated rings. The lowest BCUT2D eigenvalue weighted by atomic mass is 9.86. The summed E-state index contributed by atoms with van der Waals surface area (Å²) in [5.74, 6) is -16.3. The van der Waals surface area contributed by atoms with Crippen LogP contribution in [0, 0.1) is 32.5 Å². The van der Waals surface area contributed by atoms with Gasteiger partial charge in [0.1, 0.15) is 120 Å². The summed E-state index contributed by atoms with van der Waals surface area (Å²) < 4.78 is 72.6. The summed E-state index contributed by atoms with van der Waals surface area (Å²) in [7, 11) is 0. The van der Waals surface area contributed by atoms with Gasteiger partial charge in [-0.3, -0.25) is 67.1 Å². The number of rotatable bonds is 36. The third kappa shape index (κ3) is 25.5. The molecule has 1 unspecified atom stereocenters. The van der Waals surface area contributed by atoms with Gasteiger partial charge in [-0.05, 0) is 48.5 Å². The molecule has 0 aromatic heterocycles. The molecule has 0 saturated heterocycles. The Morgan fingerprint density at radius 3 is 0.593 bits per heavy atom. The van der Waals surface area contributed by atoms with Crippen molar-refractivity contribution in [3.63, 3.8) is 0 Å². The van der Waals surface area contributed by atoms with Gasteiger partial charge in [-0.25, -0.2) is 4.79 Å². The van der Waals surface area contributed by atoms with Crippen molar-refractivity contribution in [3.8, 4) is 0 Å². The molecule has 30 heteroatoms. The molecule has 0 rings (SSSR count). The van der Waals surface area contributed by atoms with Gasteiger partial charge in [0.2, 0.25) is 0 Å². The SMILES string of the molecule is CC(=O)OCC(C)(COC(C)=O)C(=O)OCC(C)(COC(=O)C(C)(COC(C)=O)COC(C)=O)C(=O)COC(C)(COC(=O)C(C)(COC(=O)C(C)(COC(C)=O)COC(C)=O)COC(=O)C(C)(COC(C)=O)COC(C)=O)C(=O)O. The summed E-state index contributed by atoms with van der Waals surface area (Å²) in [6.45, 7) is 3.23. The highest BCUT2D eigenvalue weighted by Crippen LogP contribution is 2.31. The Morgan fingerprint density at radius 2 is 0.420 bits per heavy atom. The number of carboxylic acid groups (broad SMARTS) is 1. The Kier molecular flexibility index (Phi) is 28.8. The van der Waals surface area contributed by atoms with E-state index < -0.39 is 220 Å². The fourth-order valence-corrected chi connectivity index (χ4v) is 5.63. The van der Waals surface area contributed by atoms with Crippen molar-refractivity contribution in [2.75, 3.05) is 92.5 Å². The molecular weight excluding hydrogens is 1090 g/mol. The summed E-state index contributed by atoms with van der Waals surface area (Å²) in [5, 5.41) is 10.5. The Balaban J connectivity index is 7.35. The summed E-state index contributed by atoms with van der Waals surface area (Å²) >= 11 is 0. The Labute approximate surface area is 466 Å². The Morgan fingerprint density at radius 1 is 0.259 bits per heavy atom. The second-order valence-corrected chi connectivity index (χ2v) is 20.7. The van der Waals surface area contributed by atoms with Gasteiger partial charge in [0.05, 0.1) is 5.41 Å². The molecule has 0 heterocycles. The number of ketones is 1. The van der Waals surface area contributed by atoms with E-state index in [-0.39, 0.29) is 0 Å². The van der Waals surface area contributed by atoms with Crippen LogP contribution < -0.4 is 0 Å². The van der Waals surface area contributed by atoms with Crippen molar-refractivity contribution in [3.05, 3.63) is 0 Å². The highest BCUT2D eigenvalue weighted by atomic mass is 16.6. The predicted molar refractivity (Wildman–Crippen MR) is 264 cm³/mol. The fraction of sp³-hybridized carbons (Fsp3) is 0.706. The van der Waals surface area contributed by atoms with Crippen molar-refractivity contribution in [2.45, 2.75) is 109 Å². The Bertz CT molecular complexity index is 2000. The first-order valence-electron chi connectivity index (χ1n) is 24.4. The number of carboxylic acids is 1. The summed E-state index contributed by atoms with van der Waals surface area (Å²) in [6.07, 6.45) is 0. The van der Waals surface area contributed by atoms with Crippen molar-refractivity contribution >= 4 is 89.4 Å². The normalized spacial score (nSPS) is 12.5. The lowest BCUT2D eigenvalue weighted by molar-refractivity contribution is -0.188. The average molecular weight is 1170 g/mol. The number of Topliss-reactive ketones (excluding diaryl/α,β-unsaturated/α-hetero) is 1. The number of aliphatic carboxylic acids is 1. The molecule has 1 N–H and O–H groups in total. The highest BCUT2D eigenvalue weighted by Gasteiger charge is 2.49. The number of hydrogen-bond acceptors (Lipinski definition) is 29. The molecule has 1 atom stereocenters. The van der Waals surface area contributed by atoms with Crippen LogP contribution in [-0.4, -0.2) is 193 Å². The second-order valence-electron chi connectivity index (χ2n) is 20.7. The Hall–Kier alpha value is -7.79. The molecule has 0 aromatic rings. The fourth-order valence-electron chi connectivity index (χ4n) is 5.63. The van der Waals surface area contributed by atoms with Crippen molar-refractivity contribution in [2.24, 2.45) is 32.5 Å². The number of carbonyl (C=O) groups is 15.